The van der Waals surface area contributed by atoms with Gasteiger partial charge in [0.2, 0.25) is 5.91 Å². The molecule has 0 aliphatic carbocycles. The van der Waals surface area contributed by atoms with E-state index in [0.717, 1.165) is 23.7 Å². The maximum absolute atomic E-state index is 10.8. The van der Waals surface area contributed by atoms with Crippen LogP contribution >= 0.6 is 11.6 Å². The molecule has 1 aromatic rings. The molecule has 0 radical (unpaired) electrons. The quantitative estimate of drug-likeness (QED) is 0.597. The van der Waals surface area contributed by atoms with Gasteiger partial charge in [0.1, 0.15) is 0 Å². The van der Waals surface area contributed by atoms with Crippen LogP contribution < -0.4 is 5.48 Å². The molecule has 0 aliphatic rings. The minimum atomic E-state index is -0.926. The van der Waals surface area contributed by atoms with Crippen molar-refractivity contribution >= 4 is 23.2 Å². The van der Waals surface area contributed by atoms with Crippen molar-refractivity contribution < 1.29 is 9.72 Å². The first kappa shape index (κ1) is 10.4. The lowest BCUT2D eigenvalue weighted by Crippen LogP contribution is -2.16. The van der Waals surface area contributed by atoms with Crippen LogP contribution in [0.4, 0.5) is 5.69 Å². The van der Waals surface area contributed by atoms with E-state index in [0.29, 0.717) is 0 Å². The Morgan fingerprint density at radius 3 is 2.57 bits per heavy atom. The molecule has 0 saturated heterocycles. The first-order valence-corrected chi connectivity index (χ1v) is 3.80. The fourth-order valence-electron chi connectivity index (χ4n) is 0.857. The van der Waals surface area contributed by atoms with Gasteiger partial charge in [0.15, 0.2) is 0 Å². The van der Waals surface area contributed by atoms with Gasteiger partial charge in [-0.2, -0.15) is 0 Å². The average Bonchev–Trinajstić information content (AvgIpc) is 2.16. The van der Waals surface area contributed by atoms with Crippen molar-refractivity contribution in [3.63, 3.8) is 0 Å². The minimum absolute atomic E-state index is 0.0905. The lowest BCUT2D eigenvalue weighted by Gasteiger charge is -2.07. The van der Waals surface area contributed by atoms with Gasteiger partial charge in [0, 0.05) is 12.1 Å². The van der Waals surface area contributed by atoms with Gasteiger partial charge in [-0.25, -0.2) is 0 Å². The summed E-state index contributed by atoms with van der Waals surface area (Å²) in [5.41, 5.74) is 0.799. The van der Waals surface area contributed by atoms with E-state index in [2.05, 4.69) is 0 Å². The van der Waals surface area contributed by atoms with Crippen molar-refractivity contribution in [1.82, 2.24) is 5.48 Å². The van der Waals surface area contributed by atoms with Gasteiger partial charge in [-0.3, -0.25) is 14.9 Å². The summed E-state index contributed by atoms with van der Waals surface area (Å²) in [6.07, 6.45) is 0. The zero-order valence-corrected chi connectivity index (χ0v) is 7.45. The number of amides is 1. The minimum Gasteiger partial charge on any atom is -0.759 e. The SMILES string of the molecule is O=C(N[O-])c1ccc([N+](=O)[O-])cc1Cl. The third kappa shape index (κ3) is 1.98. The molecule has 1 aromatic carbocycles. The predicted octanol–water partition coefficient (Wildman–Crippen LogP) is 1.48. The zero-order valence-electron chi connectivity index (χ0n) is 6.69. The second kappa shape index (κ2) is 4.03. The molecule has 0 aliphatic heterocycles. The molecule has 14 heavy (non-hydrogen) atoms. The van der Waals surface area contributed by atoms with Crippen molar-refractivity contribution in [3.05, 3.63) is 44.1 Å². The van der Waals surface area contributed by atoms with E-state index < -0.39 is 10.8 Å². The Kier molecular flexibility index (Phi) is 3.00. The van der Waals surface area contributed by atoms with Crippen LogP contribution in [-0.2, 0) is 0 Å². The number of nitrogens with one attached hydrogen (secondary N) is 1. The highest BCUT2D eigenvalue weighted by atomic mass is 35.5. The fraction of sp³-hybridized carbons (Fsp3) is 0. The Balaban J connectivity index is 3.14. The number of nitro groups is 1. The lowest BCUT2D eigenvalue weighted by atomic mass is 10.2. The Hall–Kier alpha value is -1.66. The van der Waals surface area contributed by atoms with Crippen LogP contribution in [0, 0.1) is 15.3 Å². The Bertz CT molecular complexity index is 393. The third-order valence-electron chi connectivity index (χ3n) is 1.50. The van der Waals surface area contributed by atoms with E-state index in [9.17, 15) is 20.1 Å². The molecule has 0 bridgehead atoms. The summed E-state index contributed by atoms with van der Waals surface area (Å²) in [6.45, 7) is 0. The molecule has 0 unspecified atom stereocenters. The molecule has 1 N–H and O–H groups in total. The standard InChI is InChI=1S/C7H4ClN2O4/c8-6-3-4(10(13)14)1-2-5(6)7(11)9-12/h1-3H,(H-,9,11,12)/q-1. The van der Waals surface area contributed by atoms with Gasteiger partial charge in [0.25, 0.3) is 5.69 Å². The molecule has 1 amide bonds. The van der Waals surface area contributed by atoms with Gasteiger partial charge in [-0.15, -0.1) is 0 Å². The third-order valence-corrected chi connectivity index (χ3v) is 1.81. The predicted molar refractivity (Wildman–Crippen MR) is 48.9 cm³/mol. The monoisotopic (exact) mass is 215 g/mol. The number of non-ortho nitro benzene ring substituents is 1. The van der Waals surface area contributed by atoms with Crippen LogP contribution in [0.3, 0.4) is 0 Å². The van der Waals surface area contributed by atoms with Crippen molar-refractivity contribution in [2.75, 3.05) is 0 Å². The number of nitro benzene ring substituents is 1. The van der Waals surface area contributed by atoms with Crippen LogP contribution in [-0.4, -0.2) is 10.8 Å². The maximum atomic E-state index is 10.8. The van der Waals surface area contributed by atoms with Gasteiger partial charge in [-0.05, 0) is 6.07 Å². The Labute approximate surface area is 83.2 Å². The van der Waals surface area contributed by atoms with Crippen LogP contribution in [0.1, 0.15) is 10.4 Å². The van der Waals surface area contributed by atoms with Crippen molar-refractivity contribution in [2.45, 2.75) is 0 Å². The molecule has 0 saturated carbocycles. The molecule has 1 rings (SSSR count). The number of carbonyl (C=O) groups excluding carboxylic acids is 1. The molecular weight excluding hydrogens is 212 g/mol. The second-order valence-corrected chi connectivity index (χ2v) is 2.76. The van der Waals surface area contributed by atoms with Gasteiger partial charge in [-0.1, -0.05) is 11.6 Å². The van der Waals surface area contributed by atoms with Crippen LogP contribution in [0.5, 0.6) is 0 Å². The van der Waals surface area contributed by atoms with Crippen molar-refractivity contribution in [1.29, 1.82) is 0 Å². The van der Waals surface area contributed by atoms with E-state index in [1.165, 1.54) is 0 Å². The summed E-state index contributed by atoms with van der Waals surface area (Å²) in [4.78, 5) is 20.5. The second-order valence-electron chi connectivity index (χ2n) is 2.35. The molecule has 74 valence electrons. The Morgan fingerprint density at radius 2 is 2.14 bits per heavy atom. The van der Waals surface area contributed by atoms with Gasteiger partial charge < -0.3 is 10.7 Å². The number of hydrogen-bond acceptors (Lipinski definition) is 4. The topological polar surface area (TPSA) is 95.3 Å². The summed E-state index contributed by atoms with van der Waals surface area (Å²) in [6, 6.07) is 3.22. The molecule has 0 atom stereocenters. The molecule has 6 nitrogen and oxygen atoms in total. The van der Waals surface area contributed by atoms with E-state index in [1.807, 2.05) is 0 Å². The largest absolute Gasteiger partial charge is 0.759 e. The zero-order chi connectivity index (χ0) is 10.7. The van der Waals surface area contributed by atoms with Crippen LogP contribution in [0.25, 0.3) is 0 Å². The van der Waals surface area contributed by atoms with Crippen molar-refractivity contribution in [2.24, 2.45) is 0 Å². The first-order valence-electron chi connectivity index (χ1n) is 3.42. The molecule has 0 spiro atoms. The number of rotatable bonds is 2. The van der Waals surface area contributed by atoms with E-state index in [4.69, 9.17) is 11.6 Å². The summed E-state index contributed by atoms with van der Waals surface area (Å²) in [5, 5.41) is 20.2. The number of halogens is 1. The number of carbonyl (C=O) groups is 1. The van der Waals surface area contributed by atoms with Gasteiger partial charge in [0.05, 0.1) is 15.5 Å². The fourth-order valence-corrected chi connectivity index (χ4v) is 1.12. The number of nitrogens with zero attached hydrogens (tertiary/aromatic N) is 1. The summed E-state index contributed by atoms with van der Waals surface area (Å²) >= 11 is 5.54. The number of benzene rings is 1. The summed E-state index contributed by atoms with van der Waals surface area (Å²) in [7, 11) is 0. The van der Waals surface area contributed by atoms with E-state index in [-0.39, 0.29) is 16.3 Å². The van der Waals surface area contributed by atoms with Crippen LogP contribution in [0.2, 0.25) is 5.02 Å². The smallest absolute Gasteiger partial charge is 0.270 e. The number of hydroxylamine groups is 1. The van der Waals surface area contributed by atoms with E-state index in [1.54, 1.807) is 0 Å². The summed E-state index contributed by atoms with van der Waals surface area (Å²) < 4.78 is 0. The number of hydrogen-bond donors (Lipinski definition) is 1. The highest BCUT2D eigenvalue weighted by molar-refractivity contribution is 6.34. The van der Waals surface area contributed by atoms with Crippen LogP contribution in [0.15, 0.2) is 18.2 Å². The molecule has 0 fully saturated rings. The lowest BCUT2D eigenvalue weighted by molar-refractivity contribution is -0.384. The molecular formula is C7H4ClN2O4-. The van der Waals surface area contributed by atoms with E-state index >= 15 is 0 Å². The van der Waals surface area contributed by atoms with Crippen molar-refractivity contribution in [3.8, 4) is 0 Å². The normalized spacial score (nSPS) is 9.57. The Morgan fingerprint density at radius 1 is 1.50 bits per heavy atom. The molecule has 7 heteroatoms. The highest BCUT2D eigenvalue weighted by Crippen LogP contribution is 2.22. The maximum Gasteiger partial charge on any atom is 0.270 e. The highest BCUT2D eigenvalue weighted by Gasteiger charge is 2.12. The van der Waals surface area contributed by atoms with Gasteiger partial charge >= 0.3 is 0 Å². The summed E-state index contributed by atoms with van der Waals surface area (Å²) in [5.74, 6) is -0.926. The molecule has 0 heterocycles. The average molecular weight is 216 g/mol. The first-order chi connectivity index (χ1) is 6.56. The molecule has 0 aromatic heterocycles.